The molecule has 4 heterocycles. The molecule has 2 aliphatic heterocycles. The number of nitrogens with zero attached hydrogens (tertiary/aromatic N) is 4. The summed E-state index contributed by atoms with van der Waals surface area (Å²) in [4.78, 5) is 30.3. The van der Waals surface area contributed by atoms with Crippen LogP contribution in [-0.2, 0) is 4.79 Å². The topological polar surface area (TPSA) is 80.1 Å². The first-order valence-corrected chi connectivity index (χ1v) is 11.1. The van der Waals surface area contributed by atoms with Gasteiger partial charge in [-0.05, 0) is 43.2 Å². The second-order valence-electron chi connectivity index (χ2n) is 7.78. The van der Waals surface area contributed by atoms with Crippen molar-refractivity contribution < 1.29 is 18.4 Å². The van der Waals surface area contributed by atoms with Crippen LogP contribution >= 0.6 is 11.8 Å². The molecule has 0 unspecified atom stereocenters. The lowest BCUT2D eigenvalue weighted by atomic mass is 10.0. The van der Waals surface area contributed by atoms with Crippen LogP contribution in [0.15, 0.2) is 48.8 Å². The molecule has 0 radical (unpaired) electrons. The molecule has 2 fully saturated rings. The Balaban J connectivity index is 1.45. The third-order valence-electron chi connectivity index (χ3n) is 5.76. The number of carbonyl (C=O) groups is 2. The van der Waals surface area contributed by atoms with Crippen LogP contribution in [0.25, 0.3) is 16.9 Å². The number of likely N-dealkylation sites (tertiary alicyclic amines) is 1. The van der Waals surface area contributed by atoms with E-state index in [0.717, 1.165) is 17.7 Å². The minimum atomic E-state index is -0.996. The lowest BCUT2D eigenvalue weighted by molar-refractivity contribution is -0.119. The Labute approximate surface area is 186 Å². The average Bonchev–Trinajstić information content (AvgIpc) is 3.41. The first kappa shape index (κ1) is 20.6. The predicted octanol–water partition coefficient (Wildman–Crippen LogP) is 3.01. The molecule has 0 saturated carbocycles. The second kappa shape index (κ2) is 8.01. The molecular formula is C22H19F2N5O2S. The number of carbonyl (C=O) groups excluding carboxylic acids is 2. The van der Waals surface area contributed by atoms with E-state index in [1.54, 1.807) is 47.3 Å². The van der Waals surface area contributed by atoms with Gasteiger partial charge < -0.3 is 10.2 Å². The van der Waals surface area contributed by atoms with Crippen LogP contribution in [0.4, 0.5) is 8.78 Å². The van der Waals surface area contributed by atoms with E-state index in [4.69, 9.17) is 0 Å². The molecule has 3 aromatic rings. The van der Waals surface area contributed by atoms with Gasteiger partial charge >= 0.3 is 0 Å². The Morgan fingerprint density at radius 2 is 1.81 bits per heavy atom. The highest BCUT2D eigenvalue weighted by Gasteiger charge is 2.42. The molecule has 0 aliphatic carbocycles. The smallest absolute Gasteiger partial charge is 0.274 e. The summed E-state index contributed by atoms with van der Waals surface area (Å²) in [5.41, 5.74) is 1.81. The van der Waals surface area contributed by atoms with E-state index in [-0.39, 0.29) is 22.4 Å². The molecule has 10 heteroatoms. The van der Waals surface area contributed by atoms with E-state index in [1.165, 1.54) is 10.7 Å². The van der Waals surface area contributed by atoms with Gasteiger partial charge in [0, 0.05) is 37.1 Å². The number of hydrogen-bond acceptors (Lipinski definition) is 5. The van der Waals surface area contributed by atoms with Gasteiger partial charge in [0.25, 0.3) is 5.91 Å². The molecule has 5 rings (SSSR count). The van der Waals surface area contributed by atoms with Crippen LogP contribution in [0.2, 0.25) is 0 Å². The van der Waals surface area contributed by atoms with Crippen LogP contribution in [0, 0.1) is 11.6 Å². The maximum atomic E-state index is 13.9. The Bertz CT molecular complexity index is 1190. The molecule has 1 spiro atoms. The summed E-state index contributed by atoms with van der Waals surface area (Å²) >= 11 is 1.60. The molecular weight excluding hydrogens is 436 g/mol. The largest absolute Gasteiger partial charge is 0.341 e. The van der Waals surface area contributed by atoms with Gasteiger partial charge in [0.2, 0.25) is 5.91 Å². The number of amides is 2. The van der Waals surface area contributed by atoms with Gasteiger partial charge in [0.1, 0.15) is 0 Å². The summed E-state index contributed by atoms with van der Waals surface area (Å²) in [6.07, 6.45) is 4.54. The molecule has 164 valence electrons. The van der Waals surface area contributed by atoms with Gasteiger partial charge in [0.05, 0.1) is 22.0 Å². The van der Waals surface area contributed by atoms with Crippen LogP contribution < -0.4 is 5.32 Å². The summed E-state index contributed by atoms with van der Waals surface area (Å²) in [5, 5.41) is 7.47. The molecule has 2 aromatic heterocycles. The zero-order valence-corrected chi connectivity index (χ0v) is 17.7. The van der Waals surface area contributed by atoms with Gasteiger partial charge in [-0.2, -0.15) is 5.10 Å². The molecule has 0 atom stereocenters. The molecule has 1 N–H and O–H groups in total. The van der Waals surface area contributed by atoms with Gasteiger partial charge in [-0.15, -0.1) is 11.8 Å². The number of pyridine rings is 1. The maximum Gasteiger partial charge on any atom is 0.274 e. The van der Waals surface area contributed by atoms with Crippen molar-refractivity contribution in [3.63, 3.8) is 0 Å². The summed E-state index contributed by atoms with van der Waals surface area (Å²) in [6, 6.07) is 8.65. The molecule has 1 aromatic carbocycles. The van der Waals surface area contributed by atoms with Gasteiger partial charge in [-0.1, -0.05) is 0 Å². The number of benzene rings is 1. The standard InChI is InChI=1S/C22H19F2N5O2S/c23-16-2-1-15(11-17(16)24)29-19(14-3-7-25-8-4-14)12-18(27-29)21(31)28-9-5-22(6-10-28)26-20(30)13-32-22/h1-4,7-8,11-12H,5-6,9-10,13H2,(H,26,30). The number of thioether (sulfide) groups is 1. The highest BCUT2D eigenvalue weighted by Crippen LogP contribution is 2.37. The third kappa shape index (κ3) is 3.75. The van der Waals surface area contributed by atoms with Crippen molar-refractivity contribution in [3.05, 3.63) is 66.1 Å². The normalized spacial score (nSPS) is 17.6. The van der Waals surface area contributed by atoms with Crippen molar-refractivity contribution in [2.45, 2.75) is 17.7 Å². The summed E-state index contributed by atoms with van der Waals surface area (Å²) < 4.78 is 28.8. The van der Waals surface area contributed by atoms with Gasteiger partial charge in [-0.25, -0.2) is 13.5 Å². The molecule has 0 bridgehead atoms. The van der Waals surface area contributed by atoms with E-state index >= 15 is 0 Å². The average molecular weight is 455 g/mol. The Hall–Kier alpha value is -3.27. The number of nitrogens with one attached hydrogen (secondary N) is 1. The Kier molecular flexibility index (Phi) is 5.16. The summed E-state index contributed by atoms with van der Waals surface area (Å²) in [6.45, 7) is 0.990. The minimum Gasteiger partial charge on any atom is -0.341 e. The quantitative estimate of drug-likeness (QED) is 0.657. The maximum absolute atomic E-state index is 13.9. The first-order chi connectivity index (χ1) is 15.4. The first-order valence-electron chi connectivity index (χ1n) is 10.1. The molecule has 7 nitrogen and oxygen atoms in total. The van der Waals surface area contributed by atoms with Crippen molar-refractivity contribution in [2.24, 2.45) is 0 Å². The highest BCUT2D eigenvalue weighted by molar-refractivity contribution is 8.01. The van der Waals surface area contributed by atoms with Crippen LogP contribution in [-0.4, -0.2) is 55.2 Å². The van der Waals surface area contributed by atoms with Crippen LogP contribution in [0.3, 0.4) is 0 Å². The highest BCUT2D eigenvalue weighted by atomic mass is 32.2. The number of rotatable bonds is 3. The second-order valence-corrected chi connectivity index (χ2v) is 9.14. The van der Waals surface area contributed by atoms with Crippen LogP contribution in [0.5, 0.6) is 0 Å². The molecule has 2 aliphatic rings. The number of piperidine rings is 1. The summed E-state index contributed by atoms with van der Waals surface area (Å²) in [5.74, 6) is -1.72. The minimum absolute atomic E-state index is 0.0297. The van der Waals surface area contributed by atoms with Crippen LogP contribution in [0.1, 0.15) is 23.3 Å². The third-order valence-corrected chi connectivity index (χ3v) is 7.23. The van der Waals surface area contributed by atoms with E-state index in [9.17, 15) is 18.4 Å². The van der Waals surface area contributed by atoms with E-state index < -0.39 is 11.6 Å². The lowest BCUT2D eigenvalue weighted by Gasteiger charge is -2.38. The number of hydrogen-bond donors (Lipinski definition) is 1. The fourth-order valence-electron chi connectivity index (χ4n) is 4.06. The molecule has 32 heavy (non-hydrogen) atoms. The monoisotopic (exact) mass is 455 g/mol. The van der Waals surface area contributed by atoms with Crippen molar-refractivity contribution in [3.8, 4) is 16.9 Å². The molecule has 2 amide bonds. The lowest BCUT2D eigenvalue weighted by Crippen LogP contribution is -2.50. The number of halogens is 2. The number of aromatic nitrogens is 3. The van der Waals surface area contributed by atoms with Crippen molar-refractivity contribution in [1.29, 1.82) is 0 Å². The summed E-state index contributed by atoms with van der Waals surface area (Å²) in [7, 11) is 0. The zero-order chi connectivity index (χ0) is 22.3. The van der Waals surface area contributed by atoms with Gasteiger partial charge in [0.15, 0.2) is 17.3 Å². The van der Waals surface area contributed by atoms with Gasteiger partial charge in [-0.3, -0.25) is 14.6 Å². The SMILES string of the molecule is O=C1CSC2(CCN(C(=O)c3cc(-c4ccncc4)n(-c4ccc(F)c(F)c4)n3)CC2)N1. The zero-order valence-electron chi connectivity index (χ0n) is 16.9. The van der Waals surface area contributed by atoms with Crippen molar-refractivity contribution >= 4 is 23.6 Å². The van der Waals surface area contributed by atoms with E-state index in [0.29, 0.717) is 43.1 Å². The Morgan fingerprint density at radius 1 is 1.06 bits per heavy atom. The van der Waals surface area contributed by atoms with E-state index in [2.05, 4.69) is 15.4 Å². The van der Waals surface area contributed by atoms with E-state index in [1.807, 2.05) is 0 Å². The molecule has 2 saturated heterocycles. The Morgan fingerprint density at radius 3 is 2.47 bits per heavy atom. The fraction of sp³-hybridized carbons (Fsp3) is 0.273. The fourth-order valence-corrected chi connectivity index (χ4v) is 5.20. The predicted molar refractivity (Wildman–Crippen MR) is 115 cm³/mol. The van der Waals surface area contributed by atoms with Crippen molar-refractivity contribution in [1.82, 2.24) is 25.0 Å². The van der Waals surface area contributed by atoms with Crippen molar-refractivity contribution in [2.75, 3.05) is 18.8 Å².